The lowest BCUT2D eigenvalue weighted by Gasteiger charge is -2.28. The number of benzene rings is 2. The van der Waals surface area contributed by atoms with Gasteiger partial charge >= 0.3 is 0 Å². The summed E-state index contributed by atoms with van der Waals surface area (Å²) >= 11 is 0. The summed E-state index contributed by atoms with van der Waals surface area (Å²) in [4.78, 5) is 26.4. The van der Waals surface area contributed by atoms with Gasteiger partial charge in [-0.25, -0.2) is 0 Å². The number of rotatable bonds is 5. The van der Waals surface area contributed by atoms with Crippen LogP contribution in [0.15, 0.2) is 48.5 Å². The molecule has 1 aliphatic rings. The molecule has 0 radical (unpaired) electrons. The second-order valence-corrected chi connectivity index (χ2v) is 6.53. The Morgan fingerprint density at radius 3 is 2.35 bits per heavy atom. The van der Waals surface area contributed by atoms with Gasteiger partial charge in [0.2, 0.25) is 5.91 Å². The number of hydrogen-bond acceptors (Lipinski definition) is 3. The van der Waals surface area contributed by atoms with Gasteiger partial charge in [-0.3, -0.25) is 9.59 Å². The molecule has 3 rings (SSSR count). The third-order valence-electron chi connectivity index (χ3n) is 4.58. The van der Waals surface area contributed by atoms with Crippen LogP contribution in [0.25, 0.3) is 0 Å². The maximum absolute atomic E-state index is 12.5. The second-order valence-electron chi connectivity index (χ2n) is 6.53. The molecule has 2 N–H and O–H groups in total. The smallest absolute Gasteiger partial charge is 0.255 e. The largest absolute Gasteiger partial charge is 0.372 e. The van der Waals surface area contributed by atoms with Gasteiger partial charge in [0.05, 0.1) is 0 Å². The first-order chi connectivity index (χ1) is 12.7. The van der Waals surface area contributed by atoms with Gasteiger partial charge in [0, 0.05) is 42.1 Å². The fourth-order valence-electron chi connectivity index (χ4n) is 3.10. The molecular formula is C21H25N3O2. The molecule has 0 atom stereocenters. The van der Waals surface area contributed by atoms with Gasteiger partial charge in [0.25, 0.3) is 5.91 Å². The molecule has 5 nitrogen and oxygen atoms in total. The van der Waals surface area contributed by atoms with E-state index in [-0.39, 0.29) is 11.8 Å². The predicted octanol–water partition coefficient (Wildman–Crippen LogP) is 4.28. The minimum absolute atomic E-state index is 0.0733. The van der Waals surface area contributed by atoms with Crippen LogP contribution in [-0.4, -0.2) is 24.9 Å². The van der Waals surface area contributed by atoms with Crippen LogP contribution in [-0.2, 0) is 4.79 Å². The summed E-state index contributed by atoms with van der Waals surface area (Å²) in [6.07, 6.45) is 4.19. The van der Waals surface area contributed by atoms with Crippen LogP contribution in [0.3, 0.4) is 0 Å². The molecule has 0 bridgehead atoms. The molecule has 0 saturated carbocycles. The summed E-state index contributed by atoms with van der Waals surface area (Å²) < 4.78 is 0. The number of piperidine rings is 1. The summed E-state index contributed by atoms with van der Waals surface area (Å²) in [6, 6.07) is 14.9. The SMILES string of the molecule is CCC(=O)Nc1cccc(C(=O)Nc2ccc(N3CCCCC3)cc2)c1. The van der Waals surface area contributed by atoms with Crippen molar-refractivity contribution in [2.75, 3.05) is 28.6 Å². The van der Waals surface area contributed by atoms with E-state index in [0.717, 1.165) is 18.8 Å². The molecule has 1 fully saturated rings. The lowest BCUT2D eigenvalue weighted by Crippen LogP contribution is -2.29. The van der Waals surface area contributed by atoms with Crippen molar-refractivity contribution in [1.82, 2.24) is 0 Å². The van der Waals surface area contributed by atoms with Gasteiger partial charge in [-0.05, 0) is 61.7 Å². The van der Waals surface area contributed by atoms with Gasteiger partial charge in [-0.15, -0.1) is 0 Å². The van der Waals surface area contributed by atoms with Crippen molar-refractivity contribution in [2.45, 2.75) is 32.6 Å². The highest BCUT2D eigenvalue weighted by atomic mass is 16.2. The van der Waals surface area contributed by atoms with Crippen molar-refractivity contribution in [2.24, 2.45) is 0 Å². The Balaban J connectivity index is 1.64. The third-order valence-corrected chi connectivity index (χ3v) is 4.58. The molecule has 1 heterocycles. The Morgan fingerprint density at radius 1 is 0.923 bits per heavy atom. The highest BCUT2D eigenvalue weighted by Gasteiger charge is 2.12. The van der Waals surface area contributed by atoms with E-state index in [0.29, 0.717) is 17.7 Å². The molecule has 136 valence electrons. The Hall–Kier alpha value is -2.82. The highest BCUT2D eigenvalue weighted by Crippen LogP contribution is 2.22. The minimum atomic E-state index is -0.191. The van der Waals surface area contributed by atoms with Crippen molar-refractivity contribution in [3.63, 3.8) is 0 Å². The van der Waals surface area contributed by atoms with Crippen molar-refractivity contribution in [1.29, 1.82) is 0 Å². The molecule has 26 heavy (non-hydrogen) atoms. The number of anilines is 3. The molecule has 5 heteroatoms. The number of carbonyl (C=O) groups excluding carboxylic acids is 2. The van der Waals surface area contributed by atoms with Gasteiger partial charge in [0.1, 0.15) is 0 Å². The zero-order chi connectivity index (χ0) is 18.4. The maximum Gasteiger partial charge on any atom is 0.255 e. The van der Waals surface area contributed by atoms with Crippen LogP contribution in [0.2, 0.25) is 0 Å². The Labute approximate surface area is 154 Å². The number of hydrogen-bond donors (Lipinski definition) is 2. The van der Waals surface area contributed by atoms with Crippen LogP contribution in [0.4, 0.5) is 17.1 Å². The van der Waals surface area contributed by atoms with Crippen molar-refractivity contribution in [3.8, 4) is 0 Å². The van der Waals surface area contributed by atoms with E-state index < -0.39 is 0 Å². The average Bonchev–Trinajstić information content (AvgIpc) is 2.69. The van der Waals surface area contributed by atoms with Gasteiger partial charge in [-0.1, -0.05) is 13.0 Å². The number of nitrogens with one attached hydrogen (secondary N) is 2. The number of carbonyl (C=O) groups is 2. The molecule has 0 aromatic heterocycles. The molecule has 0 unspecified atom stereocenters. The van der Waals surface area contributed by atoms with Crippen molar-refractivity contribution >= 4 is 28.9 Å². The molecule has 0 aliphatic carbocycles. The monoisotopic (exact) mass is 351 g/mol. The van der Waals surface area contributed by atoms with Gasteiger partial charge < -0.3 is 15.5 Å². The summed E-state index contributed by atoms with van der Waals surface area (Å²) in [6.45, 7) is 3.99. The van der Waals surface area contributed by atoms with Crippen molar-refractivity contribution < 1.29 is 9.59 Å². The molecule has 2 aromatic rings. The first-order valence-electron chi connectivity index (χ1n) is 9.22. The number of nitrogens with zero attached hydrogens (tertiary/aromatic N) is 1. The van der Waals surface area contributed by atoms with Crippen LogP contribution in [0.1, 0.15) is 43.0 Å². The summed E-state index contributed by atoms with van der Waals surface area (Å²) in [7, 11) is 0. The van der Waals surface area contributed by atoms with Crippen LogP contribution in [0.5, 0.6) is 0 Å². The number of amides is 2. The molecule has 0 spiro atoms. The Bertz CT molecular complexity index is 765. The van der Waals surface area contributed by atoms with E-state index in [4.69, 9.17) is 0 Å². The highest BCUT2D eigenvalue weighted by molar-refractivity contribution is 6.05. The second kappa shape index (κ2) is 8.52. The topological polar surface area (TPSA) is 61.4 Å². The minimum Gasteiger partial charge on any atom is -0.372 e. The fraction of sp³-hybridized carbons (Fsp3) is 0.333. The summed E-state index contributed by atoms with van der Waals surface area (Å²) in [5.41, 5.74) is 3.11. The van der Waals surface area contributed by atoms with E-state index in [1.54, 1.807) is 31.2 Å². The predicted molar refractivity (Wildman–Crippen MR) is 106 cm³/mol. The lowest BCUT2D eigenvalue weighted by atomic mass is 10.1. The Kier molecular flexibility index (Phi) is 5.89. The first-order valence-corrected chi connectivity index (χ1v) is 9.22. The van der Waals surface area contributed by atoms with Crippen LogP contribution in [0, 0.1) is 0 Å². The fourth-order valence-corrected chi connectivity index (χ4v) is 3.10. The Morgan fingerprint density at radius 2 is 1.65 bits per heavy atom. The van der Waals surface area contributed by atoms with Crippen LogP contribution >= 0.6 is 0 Å². The van der Waals surface area contributed by atoms with Crippen molar-refractivity contribution in [3.05, 3.63) is 54.1 Å². The quantitative estimate of drug-likeness (QED) is 0.845. The van der Waals surface area contributed by atoms with E-state index >= 15 is 0 Å². The first kappa shape index (κ1) is 18.0. The summed E-state index contributed by atoms with van der Waals surface area (Å²) in [5, 5.41) is 5.68. The van der Waals surface area contributed by atoms with Crippen LogP contribution < -0.4 is 15.5 Å². The van der Waals surface area contributed by atoms with E-state index in [2.05, 4.69) is 27.7 Å². The molecule has 2 amide bonds. The van der Waals surface area contributed by atoms with E-state index in [9.17, 15) is 9.59 Å². The zero-order valence-corrected chi connectivity index (χ0v) is 15.1. The van der Waals surface area contributed by atoms with E-state index in [1.165, 1.54) is 24.9 Å². The molecule has 1 saturated heterocycles. The van der Waals surface area contributed by atoms with Gasteiger partial charge in [-0.2, -0.15) is 0 Å². The normalized spacial score (nSPS) is 14.0. The third kappa shape index (κ3) is 4.63. The lowest BCUT2D eigenvalue weighted by molar-refractivity contribution is -0.115. The standard InChI is InChI=1S/C21H25N3O2/c1-2-20(25)22-18-8-6-7-16(15-18)21(26)23-17-9-11-19(12-10-17)24-13-4-3-5-14-24/h6-12,15H,2-5,13-14H2,1H3,(H,22,25)(H,23,26). The zero-order valence-electron chi connectivity index (χ0n) is 15.1. The average molecular weight is 351 g/mol. The molecule has 2 aromatic carbocycles. The summed E-state index contributed by atoms with van der Waals surface area (Å²) in [5.74, 6) is -0.265. The van der Waals surface area contributed by atoms with E-state index in [1.807, 2.05) is 12.1 Å². The van der Waals surface area contributed by atoms with Gasteiger partial charge in [0.15, 0.2) is 0 Å². The molecule has 1 aliphatic heterocycles. The maximum atomic E-state index is 12.5. The molecular weight excluding hydrogens is 326 g/mol.